The van der Waals surface area contributed by atoms with Gasteiger partial charge in [-0.1, -0.05) is 12.1 Å². The van der Waals surface area contributed by atoms with Crippen LogP contribution in [0.15, 0.2) is 24.3 Å². The molecule has 0 heterocycles. The van der Waals surface area contributed by atoms with Crippen molar-refractivity contribution >= 4 is 54.1 Å². The molecule has 12 nitrogen and oxygen atoms in total. The summed E-state index contributed by atoms with van der Waals surface area (Å²) in [4.78, 5) is 60.3. The van der Waals surface area contributed by atoms with Crippen molar-refractivity contribution in [3.05, 3.63) is 29.8 Å². The van der Waals surface area contributed by atoms with Gasteiger partial charge in [-0.2, -0.15) is 24.4 Å². The van der Waals surface area contributed by atoms with Gasteiger partial charge in [-0.25, -0.2) is 4.79 Å². The van der Waals surface area contributed by atoms with E-state index in [2.05, 4.69) is 28.6 Å². The Morgan fingerprint density at radius 1 is 0.943 bits per heavy atom. The van der Waals surface area contributed by atoms with Gasteiger partial charge in [0, 0.05) is 12.2 Å². The smallest absolute Gasteiger partial charge is 0.327 e. The molecule has 0 fully saturated rings. The number of hydrogen-bond donors (Lipinski definition) is 8. The maximum Gasteiger partial charge on any atom is 0.327 e. The fraction of sp³-hybridized carbons (Fsp3) is 0.476. The Morgan fingerprint density at radius 2 is 1.49 bits per heavy atom. The minimum Gasteiger partial charge on any atom is -0.508 e. The average Bonchev–Trinajstić information content (AvgIpc) is 2.79. The Balaban J connectivity index is 3.09. The number of hydrogen-bond acceptors (Lipinski definition) is 9. The minimum absolute atomic E-state index is 0.00626. The number of carboxylic acids is 2. The van der Waals surface area contributed by atoms with Crippen molar-refractivity contribution in [2.75, 3.05) is 17.8 Å². The lowest BCUT2D eigenvalue weighted by Crippen LogP contribution is -2.58. The molecule has 8 N–H and O–H groups in total. The molecule has 35 heavy (non-hydrogen) atoms. The van der Waals surface area contributed by atoms with E-state index in [0.29, 0.717) is 11.3 Å². The first-order valence-electron chi connectivity index (χ1n) is 10.5. The van der Waals surface area contributed by atoms with Gasteiger partial charge >= 0.3 is 11.9 Å². The first-order chi connectivity index (χ1) is 16.5. The average molecular weight is 531 g/mol. The second-order valence-electron chi connectivity index (χ2n) is 7.56. The highest BCUT2D eigenvalue weighted by Crippen LogP contribution is 2.12. The van der Waals surface area contributed by atoms with E-state index in [9.17, 15) is 34.2 Å². The lowest BCUT2D eigenvalue weighted by atomic mass is 10.0. The molecule has 0 aromatic heterocycles. The predicted molar refractivity (Wildman–Crippen MR) is 132 cm³/mol. The Hall–Kier alpha value is -2.97. The molecule has 0 saturated heterocycles. The second-order valence-corrected chi connectivity index (χ2v) is 8.91. The SMILES string of the molecule is CSCCC(NC(=O)C(Cc1ccc(O)cc1)NC(=O)C(N)CC(=O)O)C(=O)NC(CS)C(=O)O. The van der Waals surface area contributed by atoms with Crippen LogP contribution in [0.1, 0.15) is 18.4 Å². The van der Waals surface area contributed by atoms with E-state index in [1.165, 1.54) is 36.0 Å². The Morgan fingerprint density at radius 3 is 2.00 bits per heavy atom. The van der Waals surface area contributed by atoms with Gasteiger partial charge in [-0.3, -0.25) is 19.2 Å². The third-order valence-corrected chi connectivity index (χ3v) is 5.79. The normalized spacial score (nSPS) is 14.1. The number of carbonyl (C=O) groups excluding carboxylic acids is 3. The molecule has 4 unspecified atom stereocenters. The highest BCUT2D eigenvalue weighted by atomic mass is 32.2. The fourth-order valence-electron chi connectivity index (χ4n) is 2.87. The van der Waals surface area contributed by atoms with Gasteiger partial charge in [-0.05, 0) is 36.1 Å². The van der Waals surface area contributed by atoms with Crippen molar-refractivity contribution in [1.29, 1.82) is 0 Å². The van der Waals surface area contributed by atoms with Gasteiger partial charge in [0.25, 0.3) is 0 Å². The summed E-state index contributed by atoms with van der Waals surface area (Å²) in [6.45, 7) is 0. The maximum absolute atomic E-state index is 13.1. The van der Waals surface area contributed by atoms with Gasteiger partial charge in [0.05, 0.1) is 12.5 Å². The van der Waals surface area contributed by atoms with Crippen LogP contribution in [0.2, 0.25) is 0 Å². The van der Waals surface area contributed by atoms with E-state index in [0.717, 1.165) is 0 Å². The molecule has 0 aliphatic carbocycles. The number of rotatable bonds is 15. The largest absolute Gasteiger partial charge is 0.508 e. The molecule has 4 atom stereocenters. The van der Waals surface area contributed by atoms with Crippen molar-refractivity contribution in [1.82, 2.24) is 16.0 Å². The molecule has 0 saturated carbocycles. The molecule has 1 aromatic carbocycles. The zero-order valence-corrected chi connectivity index (χ0v) is 20.7. The van der Waals surface area contributed by atoms with E-state index in [4.69, 9.17) is 10.8 Å². The van der Waals surface area contributed by atoms with Crippen molar-refractivity contribution in [2.24, 2.45) is 5.73 Å². The molecule has 0 bridgehead atoms. The summed E-state index contributed by atoms with van der Waals surface area (Å²) in [5.41, 5.74) is 6.16. The fourth-order valence-corrected chi connectivity index (χ4v) is 3.59. The summed E-state index contributed by atoms with van der Waals surface area (Å²) in [6, 6.07) is 0.814. The van der Waals surface area contributed by atoms with Gasteiger partial charge in [0.1, 0.15) is 23.9 Å². The van der Waals surface area contributed by atoms with Crippen molar-refractivity contribution in [3.63, 3.8) is 0 Å². The topological polar surface area (TPSA) is 208 Å². The molecular weight excluding hydrogens is 500 g/mol. The Kier molecular flexibility index (Phi) is 13.0. The molecule has 1 rings (SSSR count). The van der Waals surface area contributed by atoms with E-state index in [1.807, 2.05) is 0 Å². The summed E-state index contributed by atoms with van der Waals surface area (Å²) in [5.74, 6) is -4.64. The molecule has 194 valence electrons. The number of carbonyl (C=O) groups is 5. The lowest BCUT2D eigenvalue weighted by molar-refractivity contribution is -0.141. The number of aromatic hydroxyl groups is 1. The molecule has 0 aliphatic rings. The second kappa shape index (κ2) is 15.1. The zero-order chi connectivity index (χ0) is 26.5. The molecule has 1 aromatic rings. The van der Waals surface area contributed by atoms with Crippen molar-refractivity contribution < 1.29 is 39.3 Å². The summed E-state index contributed by atoms with van der Waals surface area (Å²) in [5, 5.41) is 34.8. The maximum atomic E-state index is 13.1. The molecule has 0 spiro atoms. The lowest BCUT2D eigenvalue weighted by Gasteiger charge is -2.25. The number of phenolic OH excluding ortho intramolecular Hbond substituents is 1. The van der Waals surface area contributed by atoms with Gasteiger partial charge in [-0.15, -0.1) is 0 Å². The summed E-state index contributed by atoms with van der Waals surface area (Å²) in [7, 11) is 0. The first kappa shape index (κ1) is 30.1. The van der Waals surface area contributed by atoms with Crippen LogP contribution < -0.4 is 21.7 Å². The number of benzene rings is 1. The van der Waals surface area contributed by atoms with Crippen LogP contribution in [0.5, 0.6) is 5.75 Å². The number of carboxylic acid groups (broad SMARTS) is 2. The third-order valence-electron chi connectivity index (χ3n) is 4.78. The summed E-state index contributed by atoms with van der Waals surface area (Å²) >= 11 is 5.32. The van der Waals surface area contributed by atoms with E-state index in [-0.39, 0.29) is 24.3 Å². The molecule has 0 radical (unpaired) electrons. The van der Waals surface area contributed by atoms with Crippen LogP contribution in [-0.4, -0.2) is 86.9 Å². The Labute approximate surface area is 211 Å². The van der Waals surface area contributed by atoms with Gasteiger partial charge in [0.15, 0.2) is 0 Å². The number of phenols is 1. The number of thioether (sulfide) groups is 1. The molecule has 0 aliphatic heterocycles. The van der Waals surface area contributed by atoms with Crippen LogP contribution in [0.4, 0.5) is 0 Å². The summed E-state index contributed by atoms with van der Waals surface area (Å²) in [6.07, 6.45) is 1.26. The number of nitrogens with one attached hydrogen (secondary N) is 3. The van der Waals surface area contributed by atoms with E-state index < -0.39 is 60.2 Å². The van der Waals surface area contributed by atoms with Crippen LogP contribution in [0.3, 0.4) is 0 Å². The van der Waals surface area contributed by atoms with Crippen molar-refractivity contribution in [2.45, 2.75) is 43.4 Å². The standard InChI is InChI=1S/C21H30N4O8S2/c1-35-7-6-14(19(30)25-16(10-34)21(32)33)23-20(31)15(8-11-2-4-12(26)5-3-11)24-18(29)13(22)9-17(27)28/h2-5,13-16,26,34H,6-10,22H2,1H3,(H,23,31)(H,24,29)(H,25,30)(H,27,28)(H,32,33). The number of thiol groups is 1. The summed E-state index contributed by atoms with van der Waals surface area (Å²) < 4.78 is 0. The Bertz CT molecular complexity index is 900. The predicted octanol–water partition coefficient (Wildman–Crippen LogP) is -1.04. The van der Waals surface area contributed by atoms with Crippen LogP contribution >= 0.6 is 24.4 Å². The highest BCUT2D eigenvalue weighted by molar-refractivity contribution is 7.98. The number of amides is 3. The van der Waals surface area contributed by atoms with Crippen molar-refractivity contribution in [3.8, 4) is 5.75 Å². The van der Waals surface area contributed by atoms with Gasteiger partial charge < -0.3 is 37.0 Å². The first-order valence-corrected chi connectivity index (χ1v) is 12.5. The van der Waals surface area contributed by atoms with Crippen LogP contribution in [-0.2, 0) is 30.4 Å². The highest BCUT2D eigenvalue weighted by Gasteiger charge is 2.30. The quantitative estimate of drug-likeness (QED) is 0.129. The molecule has 14 heteroatoms. The third kappa shape index (κ3) is 10.9. The number of aliphatic carboxylic acids is 2. The van der Waals surface area contributed by atoms with E-state index >= 15 is 0 Å². The van der Waals surface area contributed by atoms with Crippen LogP contribution in [0.25, 0.3) is 0 Å². The number of nitrogens with two attached hydrogens (primary N) is 1. The zero-order valence-electron chi connectivity index (χ0n) is 19.0. The van der Waals surface area contributed by atoms with Gasteiger partial charge in [0.2, 0.25) is 17.7 Å². The van der Waals surface area contributed by atoms with E-state index in [1.54, 1.807) is 6.26 Å². The minimum atomic E-state index is -1.41. The van der Waals surface area contributed by atoms with Crippen LogP contribution in [0, 0.1) is 0 Å². The monoisotopic (exact) mass is 530 g/mol. The molecular formula is C21H30N4O8S2. The molecule has 3 amide bonds.